The van der Waals surface area contributed by atoms with Gasteiger partial charge in [-0.3, -0.25) is 0 Å². The lowest BCUT2D eigenvalue weighted by Gasteiger charge is -2.20. The monoisotopic (exact) mass is 154 g/mol. The molecule has 11 heavy (non-hydrogen) atoms. The molecule has 3 heteroatoms. The van der Waals surface area contributed by atoms with Crippen LogP contribution >= 0.6 is 0 Å². The Hall–Kier alpha value is -0.860. The van der Waals surface area contributed by atoms with Crippen LogP contribution in [0.25, 0.3) is 0 Å². The number of hydrogen-bond acceptors (Lipinski definition) is 3. The zero-order valence-electron chi connectivity index (χ0n) is 7.46. The van der Waals surface area contributed by atoms with Gasteiger partial charge in [0, 0.05) is 5.92 Å². The summed E-state index contributed by atoms with van der Waals surface area (Å²) in [4.78, 5) is 9.35. The summed E-state index contributed by atoms with van der Waals surface area (Å²) < 4.78 is 0. The van der Waals surface area contributed by atoms with E-state index < -0.39 is 0 Å². The zero-order valence-corrected chi connectivity index (χ0v) is 7.46. The summed E-state index contributed by atoms with van der Waals surface area (Å²) in [6.07, 6.45) is 1.71. The Morgan fingerprint density at radius 3 is 2.45 bits per heavy atom. The van der Waals surface area contributed by atoms with E-state index in [1.54, 1.807) is 6.21 Å². The predicted octanol–water partition coefficient (Wildman–Crippen LogP) is 1.84. The molecule has 0 saturated heterocycles. The van der Waals surface area contributed by atoms with Crippen LogP contribution in [-0.4, -0.2) is 17.7 Å². The number of hydrogen-bond donors (Lipinski definition) is 0. The average molecular weight is 154 g/mol. The van der Waals surface area contributed by atoms with Crippen molar-refractivity contribution in [2.24, 2.45) is 16.1 Å². The van der Waals surface area contributed by atoms with Gasteiger partial charge in [-0.05, 0) is 13.8 Å². The minimum atomic E-state index is -0.197. The molecule has 0 aromatic carbocycles. The van der Waals surface area contributed by atoms with Gasteiger partial charge in [-0.25, -0.2) is 4.99 Å². The fraction of sp³-hybridized carbons (Fsp3) is 0.750. The number of aliphatic imine (C=N–C) groups is 1. The van der Waals surface area contributed by atoms with Crippen molar-refractivity contribution in [3.05, 3.63) is 0 Å². The molecule has 0 aliphatic carbocycles. The summed E-state index contributed by atoms with van der Waals surface area (Å²) in [6, 6.07) is 0. The molecular formula is C8H14N2O. The second kappa shape index (κ2) is 2.64. The van der Waals surface area contributed by atoms with Gasteiger partial charge in [0.05, 0.1) is 11.8 Å². The van der Waals surface area contributed by atoms with E-state index in [0.29, 0.717) is 5.92 Å². The van der Waals surface area contributed by atoms with Crippen LogP contribution in [0, 0.1) is 5.92 Å². The molecule has 0 spiro atoms. The maximum absolute atomic E-state index is 4.99. The highest BCUT2D eigenvalue weighted by atomic mass is 16.6. The van der Waals surface area contributed by atoms with E-state index >= 15 is 0 Å². The molecule has 0 bridgehead atoms. The molecule has 0 atom stereocenters. The van der Waals surface area contributed by atoms with E-state index in [0.717, 1.165) is 5.90 Å². The van der Waals surface area contributed by atoms with Crippen molar-refractivity contribution >= 4 is 12.1 Å². The molecule has 0 amide bonds. The van der Waals surface area contributed by atoms with Gasteiger partial charge in [-0.15, -0.1) is 0 Å². The Bertz CT molecular complexity index is 204. The van der Waals surface area contributed by atoms with Crippen molar-refractivity contribution in [3.63, 3.8) is 0 Å². The summed E-state index contributed by atoms with van der Waals surface area (Å²) in [5.74, 6) is 1.03. The van der Waals surface area contributed by atoms with E-state index in [4.69, 9.17) is 4.84 Å². The van der Waals surface area contributed by atoms with Crippen molar-refractivity contribution < 1.29 is 4.84 Å². The van der Waals surface area contributed by atoms with E-state index in [1.165, 1.54) is 0 Å². The minimum Gasteiger partial charge on any atom is -0.342 e. The topological polar surface area (TPSA) is 34.0 Å². The minimum absolute atomic E-state index is 0.197. The van der Waals surface area contributed by atoms with Crippen LogP contribution in [0.5, 0.6) is 0 Å². The number of nitrogens with zero attached hydrogens (tertiary/aromatic N) is 2. The smallest absolute Gasteiger partial charge is 0.223 e. The molecule has 0 radical (unpaired) electrons. The highest BCUT2D eigenvalue weighted by Crippen LogP contribution is 2.14. The largest absolute Gasteiger partial charge is 0.342 e. The van der Waals surface area contributed by atoms with Crippen molar-refractivity contribution in [1.82, 2.24) is 0 Å². The third-order valence-corrected chi connectivity index (χ3v) is 1.41. The van der Waals surface area contributed by atoms with E-state index in [-0.39, 0.29) is 5.54 Å². The highest BCUT2D eigenvalue weighted by Gasteiger charge is 2.21. The summed E-state index contributed by atoms with van der Waals surface area (Å²) in [6.45, 7) is 8.08. The maximum atomic E-state index is 4.99. The second-order valence-electron chi connectivity index (χ2n) is 3.58. The van der Waals surface area contributed by atoms with Crippen LogP contribution in [0.4, 0.5) is 0 Å². The molecule has 0 unspecified atom stereocenters. The Labute approximate surface area is 67.1 Å². The van der Waals surface area contributed by atoms with Crippen LogP contribution in [0.2, 0.25) is 0 Å². The standard InChI is InChI=1S/C8H14N2O/c1-6(2)7-10-8(3,4)5-9-11-7/h5-6H,1-4H3. The lowest BCUT2D eigenvalue weighted by atomic mass is 10.1. The number of oxime groups is 1. The average Bonchev–Trinajstić information content (AvgIpc) is 1.85. The SMILES string of the molecule is CC(C)C1=NC(C)(C)C=NO1. The molecule has 0 fully saturated rings. The third kappa shape index (κ3) is 2.03. The first kappa shape index (κ1) is 8.24. The van der Waals surface area contributed by atoms with E-state index in [1.807, 2.05) is 27.7 Å². The van der Waals surface area contributed by atoms with Crippen molar-refractivity contribution in [1.29, 1.82) is 0 Å². The van der Waals surface area contributed by atoms with Crippen LogP contribution < -0.4 is 0 Å². The molecule has 1 aliphatic rings. The van der Waals surface area contributed by atoms with Gasteiger partial charge in [0.25, 0.3) is 0 Å². The molecule has 0 N–H and O–H groups in total. The van der Waals surface area contributed by atoms with Gasteiger partial charge in [-0.2, -0.15) is 0 Å². The third-order valence-electron chi connectivity index (χ3n) is 1.41. The number of rotatable bonds is 1. The molecule has 1 rings (SSSR count). The lowest BCUT2D eigenvalue weighted by Crippen LogP contribution is -2.28. The van der Waals surface area contributed by atoms with Gasteiger partial charge < -0.3 is 4.84 Å². The Morgan fingerprint density at radius 2 is 2.09 bits per heavy atom. The van der Waals surface area contributed by atoms with Crippen LogP contribution in [0.15, 0.2) is 10.1 Å². The fourth-order valence-corrected chi connectivity index (χ4v) is 0.777. The van der Waals surface area contributed by atoms with Gasteiger partial charge in [-0.1, -0.05) is 19.0 Å². The molecule has 0 aromatic heterocycles. The Morgan fingerprint density at radius 1 is 1.45 bits per heavy atom. The van der Waals surface area contributed by atoms with Gasteiger partial charge >= 0.3 is 0 Å². The molecule has 0 aromatic rings. The van der Waals surface area contributed by atoms with Crippen molar-refractivity contribution in [3.8, 4) is 0 Å². The second-order valence-corrected chi connectivity index (χ2v) is 3.58. The molecule has 62 valence electrons. The van der Waals surface area contributed by atoms with Crippen molar-refractivity contribution in [2.45, 2.75) is 33.2 Å². The van der Waals surface area contributed by atoms with Gasteiger partial charge in [0.2, 0.25) is 5.90 Å². The predicted molar refractivity (Wildman–Crippen MR) is 45.9 cm³/mol. The first-order chi connectivity index (χ1) is 5.01. The van der Waals surface area contributed by atoms with Crippen LogP contribution in [0.1, 0.15) is 27.7 Å². The first-order valence-corrected chi connectivity index (χ1v) is 3.82. The lowest BCUT2D eigenvalue weighted by molar-refractivity contribution is 0.289. The first-order valence-electron chi connectivity index (χ1n) is 3.82. The quantitative estimate of drug-likeness (QED) is 0.567. The van der Waals surface area contributed by atoms with E-state index in [9.17, 15) is 0 Å². The molecule has 0 saturated carbocycles. The van der Waals surface area contributed by atoms with E-state index in [2.05, 4.69) is 10.1 Å². The Kier molecular flexibility index (Phi) is 1.98. The summed E-state index contributed by atoms with van der Waals surface area (Å²) in [5, 5.41) is 3.78. The highest BCUT2D eigenvalue weighted by molar-refractivity contribution is 5.84. The van der Waals surface area contributed by atoms with Gasteiger partial charge in [0.15, 0.2) is 0 Å². The van der Waals surface area contributed by atoms with Crippen LogP contribution in [-0.2, 0) is 4.84 Å². The maximum Gasteiger partial charge on any atom is 0.223 e. The summed E-state index contributed by atoms with van der Waals surface area (Å²) in [7, 11) is 0. The molecule has 3 nitrogen and oxygen atoms in total. The molecule has 1 heterocycles. The zero-order chi connectivity index (χ0) is 8.48. The Balaban J connectivity index is 2.78. The molecular weight excluding hydrogens is 140 g/mol. The summed E-state index contributed by atoms with van der Waals surface area (Å²) in [5.41, 5.74) is -0.197. The fourth-order valence-electron chi connectivity index (χ4n) is 0.777. The molecule has 1 aliphatic heterocycles. The van der Waals surface area contributed by atoms with Crippen molar-refractivity contribution in [2.75, 3.05) is 0 Å². The van der Waals surface area contributed by atoms with Crippen LogP contribution in [0.3, 0.4) is 0 Å². The summed E-state index contributed by atoms with van der Waals surface area (Å²) >= 11 is 0. The van der Waals surface area contributed by atoms with Gasteiger partial charge in [0.1, 0.15) is 0 Å². The normalized spacial score (nSPS) is 21.4.